The second-order valence-corrected chi connectivity index (χ2v) is 6.08. The van der Waals surface area contributed by atoms with Crippen molar-refractivity contribution in [1.82, 2.24) is 15.2 Å². The lowest BCUT2D eigenvalue weighted by molar-refractivity contribution is 0.335. The van der Waals surface area contributed by atoms with Crippen molar-refractivity contribution in [3.05, 3.63) is 26.9 Å². The number of nitrogens with zero attached hydrogens (tertiary/aromatic N) is 2. The van der Waals surface area contributed by atoms with Crippen molar-refractivity contribution in [1.29, 1.82) is 0 Å². The molecule has 0 atom stereocenters. The first-order valence-electron chi connectivity index (χ1n) is 5.99. The van der Waals surface area contributed by atoms with Gasteiger partial charge in [-0.05, 0) is 63.9 Å². The molecule has 2 heterocycles. The first kappa shape index (κ1) is 13.5. The summed E-state index contributed by atoms with van der Waals surface area (Å²) in [5.74, 6) is 0. The molecule has 0 aromatic carbocycles. The fraction of sp³-hybridized carbons (Fsp3) is 0.583. The second-order valence-electron chi connectivity index (χ2n) is 4.31. The summed E-state index contributed by atoms with van der Waals surface area (Å²) in [5, 5.41) is 3.44. The van der Waals surface area contributed by atoms with Crippen molar-refractivity contribution in [3.8, 4) is 0 Å². The Morgan fingerprint density at radius 1 is 1.29 bits per heavy atom. The number of nitrogens with one attached hydrogen (secondary N) is 1. The average Bonchev–Trinajstić information content (AvgIpc) is 2.79. The molecule has 3 nitrogen and oxygen atoms in total. The summed E-state index contributed by atoms with van der Waals surface area (Å²) < 4.78 is 2.06. The van der Waals surface area contributed by atoms with Crippen LogP contribution in [-0.2, 0) is 6.54 Å². The molecule has 1 aromatic heterocycles. The van der Waals surface area contributed by atoms with Gasteiger partial charge in [-0.25, -0.2) is 0 Å². The van der Waals surface area contributed by atoms with Gasteiger partial charge in [-0.15, -0.1) is 0 Å². The van der Waals surface area contributed by atoms with Crippen molar-refractivity contribution < 1.29 is 0 Å². The van der Waals surface area contributed by atoms with E-state index in [0.29, 0.717) is 0 Å². The number of likely N-dealkylation sites (tertiary alicyclic amines) is 1. The van der Waals surface area contributed by atoms with Crippen LogP contribution >= 0.6 is 31.9 Å². The molecular formula is C12H17Br2N3. The lowest BCUT2D eigenvalue weighted by Crippen LogP contribution is -2.29. The Balaban J connectivity index is 1.70. The summed E-state index contributed by atoms with van der Waals surface area (Å²) >= 11 is 6.93. The fourth-order valence-corrected chi connectivity index (χ4v) is 3.15. The lowest BCUT2D eigenvalue weighted by Gasteiger charge is -2.14. The smallest absolute Gasteiger partial charge is 0.0684 e. The molecule has 0 spiro atoms. The average molecular weight is 363 g/mol. The molecule has 1 N–H and O–H groups in total. The number of aromatic nitrogens is 1. The predicted octanol–water partition coefficient (Wildman–Crippen LogP) is 2.79. The molecule has 0 saturated carbocycles. The molecule has 1 aliphatic rings. The van der Waals surface area contributed by atoms with Crippen molar-refractivity contribution in [2.75, 3.05) is 26.2 Å². The summed E-state index contributed by atoms with van der Waals surface area (Å²) in [6.07, 6.45) is 4.56. The topological polar surface area (TPSA) is 28.2 Å². The van der Waals surface area contributed by atoms with Crippen LogP contribution < -0.4 is 5.32 Å². The molecule has 1 aliphatic heterocycles. The first-order chi connectivity index (χ1) is 8.25. The van der Waals surface area contributed by atoms with Gasteiger partial charge in [0.05, 0.1) is 5.69 Å². The Morgan fingerprint density at radius 3 is 2.76 bits per heavy atom. The van der Waals surface area contributed by atoms with Crippen LogP contribution in [0.1, 0.15) is 18.5 Å². The summed E-state index contributed by atoms with van der Waals surface area (Å²) in [4.78, 5) is 6.89. The fourth-order valence-electron chi connectivity index (χ4n) is 2.02. The molecule has 0 unspecified atom stereocenters. The number of hydrogen-bond acceptors (Lipinski definition) is 3. The van der Waals surface area contributed by atoms with Crippen molar-refractivity contribution >= 4 is 31.9 Å². The van der Waals surface area contributed by atoms with Crippen LogP contribution in [0.2, 0.25) is 0 Å². The van der Waals surface area contributed by atoms with Gasteiger partial charge in [-0.2, -0.15) is 0 Å². The number of pyridine rings is 1. The third-order valence-electron chi connectivity index (χ3n) is 2.98. The third-order valence-corrected chi connectivity index (χ3v) is 4.10. The van der Waals surface area contributed by atoms with Crippen molar-refractivity contribution in [2.24, 2.45) is 0 Å². The van der Waals surface area contributed by atoms with Gasteiger partial charge in [-0.1, -0.05) is 0 Å². The molecule has 2 rings (SSSR count). The highest BCUT2D eigenvalue weighted by molar-refractivity contribution is 9.11. The van der Waals surface area contributed by atoms with E-state index in [-0.39, 0.29) is 0 Å². The van der Waals surface area contributed by atoms with Crippen LogP contribution in [-0.4, -0.2) is 36.1 Å². The molecule has 1 aromatic rings. The Morgan fingerprint density at radius 2 is 2.06 bits per heavy atom. The van der Waals surface area contributed by atoms with Gasteiger partial charge in [-0.3, -0.25) is 4.98 Å². The predicted molar refractivity (Wildman–Crippen MR) is 77.0 cm³/mol. The minimum absolute atomic E-state index is 0.821. The van der Waals surface area contributed by atoms with Crippen LogP contribution in [0.3, 0.4) is 0 Å². The lowest BCUT2D eigenvalue weighted by atomic mass is 10.3. The van der Waals surface area contributed by atoms with E-state index in [4.69, 9.17) is 0 Å². The molecule has 0 radical (unpaired) electrons. The standard InChI is InChI=1S/C12H17Br2N3/c13-10-7-11(14)12(16-8-10)9-15-3-6-17-4-1-2-5-17/h7-8,15H,1-6,9H2. The number of hydrogen-bond donors (Lipinski definition) is 1. The van der Waals surface area contributed by atoms with Gasteiger partial charge in [0.1, 0.15) is 0 Å². The Hall–Kier alpha value is 0.0300. The molecule has 5 heteroatoms. The van der Waals surface area contributed by atoms with Crippen molar-refractivity contribution in [2.45, 2.75) is 19.4 Å². The Kier molecular flexibility index (Phi) is 5.41. The zero-order valence-electron chi connectivity index (χ0n) is 9.75. The van der Waals surface area contributed by atoms with Gasteiger partial charge in [0.25, 0.3) is 0 Å². The van der Waals surface area contributed by atoms with Crippen LogP contribution in [0.15, 0.2) is 21.2 Å². The Bertz CT molecular complexity index is 365. The quantitative estimate of drug-likeness (QED) is 0.816. The highest BCUT2D eigenvalue weighted by Gasteiger charge is 2.10. The monoisotopic (exact) mass is 361 g/mol. The highest BCUT2D eigenvalue weighted by Crippen LogP contribution is 2.19. The minimum atomic E-state index is 0.821. The highest BCUT2D eigenvalue weighted by atomic mass is 79.9. The summed E-state index contributed by atoms with van der Waals surface area (Å²) in [5.41, 5.74) is 1.06. The molecule has 0 aliphatic carbocycles. The van der Waals surface area contributed by atoms with Gasteiger partial charge in [0, 0.05) is 34.8 Å². The first-order valence-corrected chi connectivity index (χ1v) is 7.57. The van der Waals surface area contributed by atoms with E-state index >= 15 is 0 Å². The molecule has 94 valence electrons. The van der Waals surface area contributed by atoms with Gasteiger partial charge >= 0.3 is 0 Å². The van der Waals surface area contributed by atoms with E-state index < -0.39 is 0 Å². The maximum atomic E-state index is 4.38. The second kappa shape index (κ2) is 6.83. The Labute approximate surface area is 119 Å². The summed E-state index contributed by atoms with van der Waals surface area (Å²) in [6.45, 7) is 5.53. The molecule has 0 amide bonds. The zero-order chi connectivity index (χ0) is 12.1. The van der Waals surface area contributed by atoms with E-state index in [1.807, 2.05) is 12.3 Å². The van der Waals surface area contributed by atoms with Gasteiger partial charge in [0.2, 0.25) is 0 Å². The number of halogens is 2. The van der Waals surface area contributed by atoms with Crippen molar-refractivity contribution in [3.63, 3.8) is 0 Å². The minimum Gasteiger partial charge on any atom is -0.310 e. The maximum Gasteiger partial charge on any atom is 0.0684 e. The molecule has 17 heavy (non-hydrogen) atoms. The van der Waals surface area contributed by atoms with E-state index in [0.717, 1.165) is 34.3 Å². The molecular weight excluding hydrogens is 346 g/mol. The maximum absolute atomic E-state index is 4.38. The number of rotatable bonds is 5. The van der Waals surface area contributed by atoms with Gasteiger partial charge in [0.15, 0.2) is 0 Å². The zero-order valence-corrected chi connectivity index (χ0v) is 12.9. The summed E-state index contributed by atoms with van der Waals surface area (Å²) in [7, 11) is 0. The van der Waals surface area contributed by atoms with E-state index in [1.54, 1.807) is 0 Å². The normalized spacial score (nSPS) is 16.6. The van der Waals surface area contributed by atoms with Crippen LogP contribution in [0.25, 0.3) is 0 Å². The van der Waals surface area contributed by atoms with E-state index in [9.17, 15) is 0 Å². The van der Waals surface area contributed by atoms with Crippen LogP contribution in [0.5, 0.6) is 0 Å². The summed E-state index contributed by atoms with van der Waals surface area (Å²) in [6, 6.07) is 2.03. The van der Waals surface area contributed by atoms with E-state index in [1.165, 1.54) is 25.9 Å². The van der Waals surface area contributed by atoms with Crippen LogP contribution in [0.4, 0.5) is 0 Å². The van der Waals surface area contributed by atoms with Crippen LogP contribution in [0, 0.1) is 0 Å². The van der Waals surface area contributed by atoms with E-state index in [2.05, 4.69) is 47.1 Å². The third kappa shape index (κ3) is 4.32. The largest absolute Gasteiger partial charge is 0.310 e. The molecule has 1 saturated heterocycles. The SMILES string of the molecule is Brc1cnc(CNCCN2CCCC2)c(Br)c1. The molecule has 0 bridgehead atoms. The molecule has 1 fully saturated rings. The van der Waals surface area contributed by atoms with Gasteiger partial charge < -0.3 is 10.2 Å².